The van der Waals surface area contributed by atoms with E-state index >= 15 is 0 Å². The summed E-state index contributed by atoms with van der Waals surface area (Å²) in [7, 11) is 0. The van der Waals surface area contributed by atoms with Gasteiger partial charge in [0.05, 0.1) is 5.71 Å². The summed E-state index contributed by atoms with van der Waals surface area (Å²) in [6, 6.07) is 0. The van der Waals surface area contributed by atoms with Gasteiger partial charge >= 0.3 is 0 Å². The van der Waals surface area contributed by atoms with Crippen LogP contribution >= 0.6 is 0 Å². The SMILES string of the molecule is C[C@@]12CCCC1C1C/C(=N\O)C3=CC(=O)CC[C@]3(C)C1CC2. The first-order valence-electron chi connectivity index (χ1n) is 8.94. The van der Waals surface area contributed by atoms with Gasteiger partial charge in [-0.15, -0.1) is 0 Å². The van der Waals surface area contributed by atoms with Crippen molar-refractivity contribution < 1.29 is 10.0 Å². The molecule has 22 heavy (non-hydrogen) atoms. The maximum atomic E-state index is 11.9. The fourth-order valence-corrected chi connectivity index (χ4v) is 6.50. The van der Waals surface area contributed by atoms with Gasteiger partial charge in [-0.1, -0.05) is 25.4 Å². The molecule has 3 saturated carbocycles. The normalized spacial score (nSPS) is 49.4. The van der Waals surface area contributed by atoms with Crippen LogP contribution in [-0.2, 0) is 4.79 Å². The predicted octanol–water partition coefficient (Wildman–Crippen LogP) is 4.35. The highest BCUT2D eigenvalue weighted by Gasteiger charge is 2.57. The van der Waals surface area contributed by atoms with Crippen LogP contribution in [0.5, 0.6) is 0 Å². The lowest BCUT2D eigenvalue weighted by molar-refractivity contribution is -0.116. The van der Waals surface area contributed by atoms with Gasteiger partial charge in [-0.05, 0) is 78.8 Å². The van der Waals surface area contributed by atoms with E-state index in [4.69, 9.17) is 0 Å². The van der Waals surface area contributed by atoms with Gasteiger partial charge in [-0.25, -0.2) is 0 Å². The molecule has 0 saturated heterocycles. The molecule has 0 bridgehead atoms. The molecule has 0 heterocycles. The minimum atomic E-state index is 0.0440. The van der Waals surface area contributed by atoms with Gasteiger partial charge in [0.15, 0.2) is 5.78 Å². The molecular weight excluding hydrogens is 274 g/mol. The van der Waals surface area contributed by atoms with E-state index < -0.39 is 0 Å². The van der Waals surface area contributed by atoms with Crippen LogP contribution in [0.15, 0.2) is 16.8 Å². The molecule has 120 valence electrons. The summed E-state index contributed by atoms with van der Waals surface area (Å²) < 4.78 is 0. The number of fused-ring (bicyclic) bond motifs is 5. The van der Waals surface area contributed by atoms with Gasteiger partial charge in [0.25, 0.3) is 0 Å². The lowest BCUT2D eigenvalue weighted by atomic mass is 9.47. The second-order valence-electron chi connectivity index (χ2n) is 8.65. The van der Waals surface area contributed by atoms with Crippen molar-refractivity contribution in [1.29, 1.82) is 0 Å². The van der Waals surface area contributed by atoms with E-state index in [1.165, 1.54) is 32.1 Å². The molecule has 3 unspecified atom stereocenters. The van der Waals surface area contributed by atoms with Crippen LogP contribution in [0, 0.1) is 28.6 Å². The first-order chi connectivity index (χ1) is 10.5. The Bertz CT molecular complexity index is 578. The van der Waals surface area contributed by atoms with Crippen molar-refractivity contribution in [3.05, 3.63) is 11.6 Å². The Hall–Kier alpha value is -1.12. The van der Waals surface area contributed by atoms with E-state index in [-0.39, 0.29) is 11.2 Å². The number of carbonyl (C=O) groups is 1. The van der Waals surface area contributed by atoms with Crippen LogP contribution in [-0.4, -0.2) is 16.7 Å². The zero-order valence-electron chi connectivity index (χ0n) is 13.8. The Balaban J connectivity index is 1.78. The maximum absolute atomic E-state index is 11.9. The fraction of sp³-hybridized carbons (Fsp3) is 0.789. The molecule has 0 aromatic heterocycles. The Labute approximate surface area is 132 Å². The van der Waals surface area contributed by atoms with E-state index in [2.05, 4.69) is 19.0 Å². The average Bonchev–Trinajstić information content (AvgIpc) is 2.89. The maximum Gasteiger partial charge on any atom is 0.156 e. The highest BCUT2D eigenvalue weighted by atomic mass is 16.4. The van der Waals surface area contributed by atoms with Crippen molar-refractivity contribution in [2.45, 2.75) is 65.2 Å². The minimum absolute atomic E-state index is 0.0440. The molecule has 3 nitrogen and oxygen atoms in total. The summed E-state index contributed by atoms with van der Waals surface area (Å²) in [5, 5.41) is 13.2. The third-order valence-corrected chi connectivity index (χ3v) is 7.71. The van der Waals surface area contributed by atoms with Crippen LogP contribution in [0.2, 0.25) is 0 Å². The number of rotatable bonds is 0. The zero-order valence-corrected chi connectivity index (χ0v) is 13.8. The monoisotopic (exact) mass is 301 g/mol. The smallest absolute Gasteiger partial charge is 0.156 e. The van der Waals surface area contributed by atoms with E-state index in [0.717, 1.165) is 30.0 Å². The number of carbonyl (C=O) groups excluding carboxylic acids is 1. The standard InChI is InChI=1S/C19H27NO2/c1-18-7-3-4-14(18)13-11-17(20-22)16-10-12(21)5-9-19(16,2)15(13)6-8-18/h10,13-15,22H,3-9,11H2,1-2H3/b20-17+/t13?,14?,15?,18-,19+/m0/s1. The molecule has 1 N–H and O–H groups in total. The zero-order chi connectivity index (χ0) is 15.5. The number of oxime groups is 1. The van der Waals surface area contributed by atoms with Crippen molar-refractivity contribution in [1.82, 2.24) is 0 Å². The summed E-state index contributed by atoms with van der Waals surface area (Å²) in [6.07, 6.45) is 10.9. The third kappa shape index (κ3) is 1.80. The molecule has 0 radical (unpaired) electrons. The van der Waals surface area contributed by atoms with Crippen molar-refractivity contribution in [3.63, 3.8) is 0 Å². The van der Waals surface area contributed by atoms with Gasteiger partial charge in [0, 0.05) is 6.42 Å². The average molecular weight is 301 g/mol. The summed E-state index contributed by atoms with van der Waals surface area (Å²) in [6.45, 7) is 4.81. The van der Waals surface area contributed by atoms with E-state index in [1.54, 1.807) is 6.08 Å². The molecule has 0 aromatic rings. The summed E-state index contributed by atoms with van der Waals surface area (Å²) in [5.74, 6) is 2.28. The largest absolute Gasteiger partial charge is 0.411 e. The third-order valence-electron chi connectivity index (χ3n) is 7.71. The van der Waals surface area contributed by atoms with Crippen LogP contribution in [0.3, 0.4) is 0 Å². The van der Waals surface area contributed by atoms with Crippen molar-refractivity contribution in [3.8, 4) is 0 Å². The Morgan fingerprint density at radius 1 is 1.18 bits per heavy atom. The molecule has 0 aromatic carbocycles. The summed E-state index contributed by atoms with van der Waals surface area (Å²) in [5.41, 5.74) is 2.40. The number of nitrogens with zero attached hydrogens (tertiary/aromatic N) is 1. The van der Waals surface area contributed by atoms with Crippen LogP contribution in [0.4, 0.5) is 0 Å². The number of hydrogen-bond acceptors (Lipinski definition) is 3. The van der Waals surface area contributed by atoms with Crippen molar-refractivity contribution in [2.24, 2.45) is 33.7 Å². The molecule has 0 spiro atoms. The number of allylic oxidation sites excluding steroid dienone is 1. The van der Waals surface area contributed by atoms with E-state index in [9.17, 15) is 10.0 Å². The first kappa shape index (κ1) is 14.5. The minimum Gasteiger partial charge on any atom is -0.411 e. The van der Waals surface area contributed by atoms with E-state index in [1.807, 2.05) is 0 Å². The highest BCUT2D eigenvalue weighted by molar-refractivity contribution is 6.08. The molecule has 5 atom stereocenters. The topological polar surface area (TPSA) is 49.7 Å². The van der Waals surface area contributed by atoms with Gasteiger partial charge in [0.1, 0.15) is 0 Å². The Kier molecular flexibility index (Phi) is 3.08. The molecule has 4 rings (SSSR count). The van der Waals surface area contributed by atoms with Crippen LogP contribution in [0.25, 0.3) is 0 Å². The molecule has 3 fully saturated rings. The van der Waals surface area contributed by atoms with Gasteiger partial charge < -0.3 is 5.21 Å². The van der Waals surface area contributed by atoms with Gasteiger partial charge in [0.2, 0.25) is 0 Å². The Morgan fingerprint density at radius 3 is 2.77 bits per heavy atom. The van der Waals surface area contributed by atoms with E-state index in [0.29, 0.717) is 23.7 Å². The molecular formula is C19H27NO2. The van der Waals surface area contributed by atoms with Gasteiger partial charge in [-0.2, -0.15) is 0 Å². The quantitative estimate of drug-likeness (QED) is 0.534. The van der Waals surface area contributed by atoms with Crippen molar-refractivity contribution >= 4 is 11.5 Å². The molecule has 4 aliphatic carbocycles. The number of hydrogen-bond donors (Lipinski definition) is 1. The fourth-order valence-electron chi connectivity index (χ4n) is 6.50. The molecule has 4 aliphatic rings. The lowest BCUT2D eigenvalue weighted by Crippen LogP contribution is -2.52. The Morgan fingerprint density at radius 2 is 2.00 bits per heavy atom. The summed E-state index contributed by atoms with van der Waals surface area (Å²) in [4.78, 5) is 11.9. The predicted molar refractivity (Wildman–Crippen MR) is 85.9 cm³/mol. The van der Waals surface area contributed by atoms with Crippen LogP contribution < -0.4 is 0 Å². The molecule has 0 amide bonds. The molecule has 3 heteroatoms. The number of ketones is 1. The second kappa shape index (κ2) is 4.69. The lowest BCUT2D eigenvalue weighted by Gasteiger charge is -2.57. The van der Waals surface area contributed by atoms with Crippen molar-refractivity contribution in [2.75, 3.05) is 0 Å². The summed E-state index contributed by atoms with van der Waals surface area (Å²) >= 11 is 0. The second-order valence-corrected chi connectivity index (χ2v) is 8.65. The van der Waals surface area contributed by atoms with Gasteiger partial charge in [-0.3, -0.25) is 4.79 Å². The molecule has 0 aliphatic heterocycles. The van der Waals surface area contributed by atoms with Crippen LogP contribution in [0.1, 0.15) is 65.2 Å². The first-order valence-corrected chi connectivity index (χ1v) is 8.94. The highest BCUT2D eigenvalue weighted by Crippen LogP contribution is 2.64.